The molecule has 5 heteroatoms. The molecule has 2 N–H and O–H groups in total. The zero-order valence-electron chi connectivity index (χ0n) is 14.5. The predicted octanol–water partition coefficient (Wildman–Crippen LogP) is 4.08. The molecule has 0 unspecified atom stereocenters. The summed E-state index contributed by atoms with van der Waals surface area (Å²) in [6.07, 6.45) is 3.35. The van der Waals surface area contributed by atoms with Crippen molar-refractivity contribution in [2.45, 2.75) is 33.2 Å². The van der Waals surface area contributed by atoms with E-state index in [2.05, 4.69) is 15.6 Å². The number of hydrogen-bond acceptors (Lipinski definition) is 4. The van der Waals surface area contributed by atoms with Crippen LogP contribution in [-0.2, 0) is 11.3 Å². The Morgan fingerprint density at radius 2 is 1.92 bits per heavy atom. The number of pyridine rings is 1. The average Bonchev–Trinajstić information content (AvgIpc) is 2.62. The second kappa shape index (κ2) is 8.91. The summed E-state index contributed by atoms with van der Waals surface area (Å²) in [5.41, 5.74) is 1.78. The topological polar surface area (TPSA) is 63.2 Å². The molecule has 0 atom stereocenters. The lowest BCUT2D eigenvalue weighted by Crippen LogP contribution is -2.21. The maximum atomic E-state index is 12.1. The van der Waals surface area contributed by atoms with Gasteiger partial charge in [-0.25, -0.2) is 4.98 Å². The SMILES string of the molecule is CCC(CC)C(=O)Nc1ccc(NCc2ccccc2OC)nc1. The summed E-state index contributed by atoms with van der Waals surface area (Å²) in [5, 5.41) is 6.17. The molecule has 128 valence electrons. The molecular weight excluding hydrogens is 302 g/mol. The number of ether oxygens (including phenoxy) is 1. The van der Waals surface area contributed by atoms with E-state index >= 15 is 0 Å². The van der Waals surface area contributed by atoms with Crippen LogP contribution < -0.4 is 15.4 Å². The van der Waals surface area contributed by atoms with E-state index in [9.17, 15) is 4.79 Å². The van der Waals surface area contributed by atoms with Crippen LogP contribution >= 0.6 is 0 Å². The van der Waals surface area contributed by atoms with Gasteiger partial charge >= 0.3 is 0 Å². The van der Waals surface area contributed by atoms with Gasteiger partial charge < -0.3 is 15.4 Å². The van der Waals surface area contributed by atoms with Crippen LogP contribution in [0.5, 0.6) is 5.75 Å². The van der Waals surface area contributed by atoms with E-state index in [4.69, 9.17) is 4.74 Å². The number of aromatic nitrogens is 1. The van der Waals surface area contributed by atoms with Gasteiger partial charge in [0.2, 0.25) is 5.91 Å². The molecule has 5 nitrogen and oxygen atoms in total. The number of para-hydroxylation sites is 1. The van der Waals surface area contributed by atoms with Gasteiger partial charge in [-0.1, -0.05) is 32.0 Å². The highest BCUT2D eigenvalue weighted by Gasteiger charge is 2.14. The monoisotopic (exact) mass is 327 g/mol. The number of benzene rings is 1. The summed E-state index contributed by atoms with van der Waals surface area (Å²) in [4.78, 5) is 16.4. The number of carbonyl (C=O) groups is 1. The van der Waals surface area contributed by atoms with Gasteiger partial charge in [-0.3, -0.25) is 4.79 Å². The summed E-state index contributed by atoms with van der Waals surface area (Å²) < 4.78 is 5.33. The molecule has 0 radical (unpaired) electrons. The summed E-state index contributed by atoms with van der Waals surface area (Å²) in [6, 6.07) is 11.6. The second-order valence-electron chi connectivity index (χ2n) is 5.60. The molecule has 0 fully saturated rings. The van der Waals surface area contributed by atoms with Gasteiger partial charge in [0.15, 0.2) is 0 Å². The quantitative estimate of drug-likeness (QED) is 0.767. The fraction of sp³-hybridized carbons (Fsp3) is 0.368. The molecule has 1 aromatic heterocycles. The van der Waals surface area contributed by atoms with Crippen LogP contribution in [0.3, 0.4) is 0 Å². The number of nitrogens with one attached hydrogen (secondary N) is 2. The molecule has 0 aliphatic carbocycles. The third kappa shape index (κ3) is 4.72. The normalized spacial score (nSPS) is 10.5. The molecule has 0 aliphatic heterocycles. The lowest BCUT2D eigenvalue weighted by atomic mass is 10.0. The smallest absolute Gasteiger partial charge is 0.227 e. The molecule has 0 bridgehead atoms. The molecule has 2 rings (SSSR count). The number of anilines is 2. The summed E-state index contributed by atoms with van der Waals surface area (Å²) in [5.74, 6) is 1.70. The third-order valence-electron chi connectivity index (χ3n) is 4.04. The van der Waals surface area contributed by atoms with Gasteiger partial charge in [-0.05, 0) is 31.0 Å². The molecule has 1 aromatic carbocycles. The summed E-state index contributed by atoms with van der Waals surface area (Å²) >= 11 is 0. The van der Waals surface area contributed by atoms with Gasteiger partial charge in [-0.2, -0.15) is 0 Å². The van der Waals surface area contributed by atoms with Crippen LogP contribution in [0, 0.1) is 5.92 Å². The molecule has 0 spiro atoms. The fourth-order valence-corrected chi connectivity index (χ4v) is 2.51. The molecule has 1 amide bonds. The summed E-state index contributed by atoms with van der Waals surface area (Å²) in [7, 11) is 1.66. The Kier molecular flexibility index (Phi) is 6.61. The Morgan fingerprint density at radius 3 is 2.54 bits per heavy atom. The minimum Gasteiger partial charge on any atom is -0.496 e. The number of methoxy groups -OCH3 is 1. The van der Waals surface area contributed by atoms with E-state index in [1.807, 2.05) is 50.2 Å². The number of amides is 1. The number of hydrogen-bond donors (Lipinski definition) is 2. The standard InChI is InChI=1S/C19H25N3O2/c1-4-14(5-2)19(23)22-16-10-11-18(21-13-16)20-12-15-8-6-7-9-17(15)24-3/h6-11,13-14H,4-5,12H2,1-3H3,(H,20,21)(H,22,23). The highest BCUT2D eigenvalue weighted by Crippen LogP contribution is 2.19. The van der Waals surface area contributed by atoms with Crippen molar-refractivity contribution in [2.24, 2.45) is 5.92 Å². The molecule has 0 saturated carbocycles. The first-order valence-electron chi connectivity index (χ1n) is 8.30. The van der Waals surface area contributed by atoms with Crippen molar-refractivity contribution in [3.05, 3.63) is 48.2 Å². The first kappa shape index (κ1) is 17.8. The van der Waals surface area contributed by atoms with Crippen LogP contribution in [0.25, 0.3) is 0 Å². The van der Waals surface area contributed by atoms with E-state index in [-0.39, 0.29) is 11.8 Å². The van der Waals surface area contributed by atoms with Crippen LogP contribution in [-0.4, -0.2) is 18.0 Å². The van der Waals surface area contributed by atoms with Crippen molar-refractivity contribution in [1.82, 2.24) is 4.98 Å². The molecule has 24 heavy (non-hydrogen) atoms. The van der Waals surface area contributed by atoms with E-state index < -0.39 is 0 Å². The van der Waals surface area contributed by atoms with Crippen molar-refractivity contribution in [3.8, 4) is 5.75 Å². The van der Waals surface area contributed by atoms with E-state index in [1.165, 1.54) is 0 Å². The predicted molar refractivity (Wildman–Crippen MR) is 97.3 cm³/mol. The number of carbonyl (C=O) groups excluding carboxylic acids is 1. The molecular formula is C19H25N3O2. The number of rotatable bonds is 8. The van der Waals surface area contributed by atoms with Gasteiger partial charge in [-0.15, -0.1) is 0 Å². The molecule has 1 heterocycles. The Hall–Kier alpha value is -2.56. The maximum absolute atomic E-state index is 12.1. The fourth-order valence-electron chi connectivity index (χ4n) is 2.51. The molecule has 0 aliphatic rings. The Labute approximate surface area is 143 Å². The number of nitrogens with zero attached hydrogens (tertiary/aromatic N) is 1. The lowest BCUT2D eigenvalue weighted by molar-refractivity contribution is -0.120. The lowest BCUT2D eigenvalue weighted by Gasteiger charge is -2.13. The van der Waals surface area contributed by atoms with Crippen molar-refractivity contribution < 1.29 is 9.53 Å². The van der Waals surface area contributed by atoms with Gasteiger partial charge in [0.25, 0.3) is 0 Å². The van der Waals surface area contributed by atoms with E-state index in [1.54, 1.807) is 13.3 Å². The van der Waals surface area contributed by atoms with Crippen molar-refractivity contribution >= 4 is 17.4 Å². The zero-order chi connectivity index (χ0) is 17.4. The minimum absolute atomic E-state index is 0.0494. The first-order chi connectivity index (χ1) is 11.7. The highest BCUT2D eigenvalue weighted by atomic mass is 16.5. The van der Waals surface area contributed by atoms with Crippen LogP contribution in [0.2, 0.25) is 0 Å². The van der Waals surface area contributed by atoms with Crippen molar-refractivity contribution in [3.63, 3.8) is 0 Å². The maximum Gasteiger partial charge on any atom is 0.227 e. The largest absolute Gasteiger partial charge is 0.496 e. The minimum atomic E-state index is 0.0494. The summed E-state index contributed by atoms with van der Waals surface area (Å²) in [6.45, 7) is 4.67. The van der Waals surface area contributed by atoms with Crippen molar-refractivity contribution in [2.75, 3.05) is 17.7 Å². The average molecular weight is 327 g/mol. The first-order valence-corrected chi connectivity index (χ1v) is 8.30. The van der Waals surface area contributed by atoms with Gasteiger partial charge in [0, 0.05) is 18.0 Å². The van der Waals surface area contributed by atoms with E-state index in [0.29, 0.717) is 6.54 Å². The Morgan fingerprint density at radius 1 is 1.17 bits per heavy atom. The van der Waals surface area contributed by atoms with Gasteiger partial charge in [0.05, 0.1) is 19.0 Å². The Bertz CT molecular complexity index is 652. The van der Waals surface area contributed by atoms with Crippen LogP contribution in [0.15, 0.2) is 42.6 Å². The highest BCUT2D eigenvalue weighted by molar-refractivity contribution is 5.92. The van der Waals surface area contributed by atoms with Gasteiger partial charge in [0.1, 0.15) is 11.6 Å². The molecule has 2 aromatic rings. The Balaban J connectivity index is 1.93. The zero-order valence-corrected chi connectivity index (χ0v) is 14.5. The second-order valence-corrected chi connectivity index (χ2v) is 5.60. The molecule has 0 saturated heterocycles. The van der Waals surface area contributed by atoms with Crippen LogP contribution in [0.4, 0.5) is 11.5 Å². The van der Waals surface area contributed by atoms with E-state index in [0.717, 1.165) is 35.7 Å². The van der Waals surface area contributed by atoms with Crippen LogP contribution in [0.1, 0.15) is 32.3 Å². The third-order valence-corrected chi connectivity index (χ3v) is 4.04. The van der Waals surface area contributed by atoms with Crippen molar-refractivity contribution in [1.29, 1.82) is 0 Å².